The van der Waals surface area contributed by atoms with Crippen molar-refractivity contribution in [2.45, 2.75) is 43.9 Å². The lowest BCUT2D eigenvalue weighted by atomic mass is 9.77. The zero-order valence-electron chi connectivity index (χ0n) is 23.6. The molecule has 3 aromatic carbocycles. The molecule has 0 aliphatic heterocycles. The summed E-state index contributed by atoms with van der Waals surface area (Å²) in [7, 11) is 0. The van der Waals surface area contributed by atoms with Crippen LogP contribution in [0.15, 0.2) is 109 Å². The van der Waals surface area contributed by atoms with E-state index in [0.29, 0.717) is 17.8 Å². The maximum Gasteiger partial charge on any atom is 0.0774 e. The monoisotopic (exact) mass is 540 g/mol. The molecule has 0 spiro atoms. The smallest absolute Gasteiger partial charge is 0.0774 e. The molecule has 0 radical (unpaired) electrons. The Morgan fingerprint density at radius 3 is 2.67 bits per heavy atom. The van der Waals surface area contributed by atoms with Gasteiger partial charge in [-0.15, -0.1) is 0 Å². The second kappa shape index (κ2) is 10.6. The highest BCUT2D eigenvalue weighted by molar-refractivity contribution is 5.97. The molecule has 2 heterocycles. The van der Waals surface area contributed by atoms with Crippen LogP contribution < -0.4 is 0 Å². The Bertz CT molecular complexity index is 1940. The van der Waals surface area contributed by atoms with Gasteiger partial charge in [-0.05, 0) is 95.8 Å². The molecule has 42 heavy (non-hydrogen) atoms. The van der Waals surface area contributed by atoms with Crippen LogP contribution in [0.5, 0.6) is 0 Å². The van der Waals surface area contributed by atoms with Crippen LogP contribution >= 0.6 is 0 Å². The lowest BCUT2D eigenvalue weighted by molar-refractivity contribution is 0.498. The van der Waals surface area contributed by atoms with Crippen LogP contribution in [0.4, 0.5) is 0 Å². The average molecular weight is 541 g/mol. The van der Waals surface area contributed by atoms with Gasteiger partial charge in [0, 0.05) is 28.3 Å². The number of fused-ring (bicyclic) bond motifs is 3. The number of benzene rings is 3. The van der Waals surface area contributed by atoms with Crippen molar-refractivity contribution >= 4 is 33.3 Å². The molecule has 2 heteroatoms. The molecule has 5 aromatic rings. The summed E-state index contributed by atoms with van der Waals surface area (Å²) in [4.78, 5) is 9.98. The van der Waals surface area contributed by atoms with Crippen molar-refractivity contribution in [2.24, 2.45) is 5.92 Å². The van der Waals surface area contributed by atoms with Crippen LogP contribution in [0.2, 0.25) is 0 Å². The molecular weight excluding hydrogens is 508 g/mol. The molecule has 2 nitrogen and oxygen atoms in total. The molecule has 2 aromatic heterocycles. The molecular formula is C40H32N2. The molecule has 3 atom stereocenters. The number of nitrogens with zero attached hydrogens (tertiary/aromatic N) is 2. The van der Waals surface area contributed by atoms with E-state index in [2.05, 4.69) is 121 Å². The summed E-state index contributed by atoms with van der Waals surface area (Å²) in [6, 6.07) is 30.8. The highest BCUT2D eigenvalue weighted by Gasteiger charge is 2.27. The zero-order chi connectivity index (χ0) is 27.9. The van der Waals surface area contributed by atoms with Crippen molar-refractivity contribution in [1.82, 2.24) is 9.97 Å². The van der Waals surface area contributed by atoms with E-state index in [1.54, 1.807) is 6.20 Å². The van der Waals surface area contributed by atoms with Gasteiger partial charge in [-0.3, -0.25) is 4.98 Å². The average Bonchev–Trinajstić information content (AvgIpc) is 3.07. The molecule has 8 rings (SSSR count). The molecule has 0 saturated heterocycles. The van der Waals surface area contributed by atoms with E-state index in [0.717, 1.165) is 40.9 Å². The second-order valence-electron chi connectivity index (χ2n) is 11.8. The topological polar surface area (TPSA) is 25.8 Å². The first kappa shape index (κ1) is 25.0. The summed E-state index contributed by atoms with van der Waals surface area (Å²) >= 11 is 0. The van der Waals surface area contributed by atoms with Gasteiger partial charge in [-0.2, -0.15) is 0 Å². The number of hydrogen-bond acceptors (Lipinski definition) is 2. The van der Waals surface area contributed by atoms with Crippen molar-refractivity contribution < 1.29 is 0 Å². The third-order valence-electron chi connectivity index (χ3n) is 9.30. The van der Waals surface area contributed by atoms with Gasteiger partial charge in [0.05, 0.1) is 23.1 Å². The fourth-order valence-electron chi connectivity index (χ4n) is 7.03. The van der Waals surface area contributed by atoms with Gasteiger partial charge in [-0.25, -0.2) is 4.98 Å². The second-order valence-corrected chi connectivity index (χ2v) is 11.8. The van der Waals surface area contributed by atoms with E-state index in [9.17, 15) is 0 Å². The van der Waals surface area contributed by atoms with Gasteiger partial charge in [0.1, 0.15) is 0 Å². The highest BCUT2D eigenvalue weighted by atomic mass is 14.7. The maximum absolute atomic E-state index is 5.28. The van der Waals surface area contributed by atoms with Gasteiger partial charge in [-0.1, -0.05) is 91.1 Å². The Balaban J connectivity index is 1.20. The summed E-state index contributed by atoms with van der Waals surface area (Å²) in [5.74, 6) is 1.26. The van der Waals surface area contributed by atoms with Crippen LogP contribution in [0.3, 0.4) is 0 Å². The third kappa shape index (κ3) is 4.56. The fourth-order valence-corrected chi connectivity index (χ4v) is 7.03. The lowest BCUT2D eigenvalue weighted by Gasteiger charge is -2.28. The largest absolute Gasteiger partial charge is 0.251 e. The Labute approximate surface area is 247 Å². The normalized spacial score (nSPS) is 21.2. The minimum absolute atomic E-state index is 0.373. The highest BCUT2D eigenvalue weighted by Crippen LogP contribution is 2.41. The van der Waals surface area contributed by atoms with Crippen molar-refractivity contribution in [3.8, 4) is 11.3 Å². The van der Waals surface area contributed by atoms with E-state index in [1.807, 2.05) is 0 Å². The van der Waals surface area contributed by atoms with Crippen LogP contribution in [0.1, 0.15) is 66.3 Å². The first-order valence-corrected chi connectivity index (χ1v) is 15.2. The quantitative estimate of drug-likeness (QED) is 0.212. The van der Waals surface area contributed by atoms with E-state index in [4.69, 9.17) is 9.97 Å². The lowest BCUT2D eigenvalue weighted by Crippen LogP contribution is -2.16. The molecule has 0 amide bonds. The molecule has 0 N–H and O–H groups in total. The van der Waals surface area contributed by atoms with Gasteiger partial charge < -0.3 is 0 Å². The minimum atomic E-state index is 0.373. The Morgan fingerprint density at radius 2 is 1.79 bits per heavy atom. The summed E-state index contributed by atoms with van der Waals surface area (Å²) in [5.41, 5.74) is 9.39. The third-order valence-corrected chi connectivity index (χ3v) is 9.30. The molecule has 3 aliphatic rings. The van der Waals surface area contributed by atoms with Gasteiger partial charge in [0.25, 0.3) is 0 Å². The van der Waals surface area contributed by atoms with Crippen LogP contribution in [0, 0.1) is 18.1 Å². The minimum Gasteiger partial charge on any atom is -0.251 e. The van der Waals surface area contributed by atoms with Gasteiger partial charge in [0.2, 0.25) is 0 Å². The fraction of sp³-hybridized carbons (Fsp3) is 0.200. The number of allylic oxidation sites excluding steroid dienone is 7. The maximum atomic E-state index is 5.28. The Kier molecular flexibility index (Phi) is 6.30. The van der Waals surface area contributed by atoms with E-state index in [1.165, 1.54) is 52.1 Å². The van der Waals surface area contributed by atoms with Crippen molar-refractivity contribution in [3.63, 3.8) is 0 Å². The summed E-state index contributed by atoms with van der Waals surface area (Å²) in [5, 5.41) is 3.71. The first-order valence-electron chi connectivity index (χ1n) is 15.2. The molecule has 3 aliphatic carbocycles. The number of pyridine rings is 1. The van der Waals surface area contributed by atoms with E-state index >= 15 is 0 Å². The Morgan fingerprint density at radius 1 is 0.833 bits per heavy atom. The van der Waals surface area contributed by atoms with Crippen molar-refractivity contribution in [1.29, 1.82) is 0 Å². The van der Waals surface area contributed by atoms with Gasteiger partial charge >= 0.3 is 0 Å². The van der Waals surface area contributed by atoms with Crippen LogP contribution in [-0.2, 0) is 0 Å². The van der Waals surface area contributed by atoms with Crippen molar-refractivity contribution in [2.75, 3.05) is 0 Å². The molecule has 0 bridgehead atoms. The van der Waals surface area contributed by atoms with Gasteiger partial charge in [0.15, 0.2) is 0 Å². The molecule has 3 unspecified atom stereocenters. The van der Waals surface area contributed by atoms with Crippen LogP contribution in [-0.4, -0.2) is 9.97 Å². The van der Waals surface area contributed by atoms with Crippen molar-refractivity contribution in [3.05, 3.63) is 144 Å². The standard InChI is InChI=1S/C40H32N2/c1-2-8-27(9-3-1)33-21-22-36-37(26-38(42-39(36)25-33)34-20-15-28-10-4-5-11-32(28)24-34)30-18-16-29(17-19-30)35-14-6-12-31-13-7-23-41-40(31)35/h2,4-6,8,10-12,15-16,18-27,29,35H,1,3,9,14,17H2. The van der Waals surface area contributed by atoms with E-state index < -0.39 is 0 Å². The SMILES string of the molecule is c1cnc2c(c#1)C=CCC2C1C=CC(c2cc(-c3ccc4ccccc4c3)nc3cc(C4C=CCCC4)ccc23)=CC1. The zero-order valence-corrected chi connectivity index (χ0v) is 23.6. The summed E-state index contributed by atoms with van der Waals surface area (Å²) in [6.45, 7) is 0. The van der Waals surface area contributed by atoms with E-state index in [-0.39, 0.29) is 0 Å². The predicted molar refractivity (Wildman–Crippen MR) is 174 cm³/mol. The molecule has 0 fully saturated rings. The molecule has 202 valence electrons. The number of rotatable bonds is 4. The summed E-state index contributed by atoms with van der Waals surface area (Å²) < 4.78 is 0. The van der Waals surface area contributed by atoms with Crippen LogP contribution in [0.25, 0.3) is 44.6 Å². The number of hydrogen-bond donors (Lipinski definition) is 0. The predicted octanol–water partition coefficient (Wildman–Crippen LogP) is 10.0. The Hall–Kier alpha value is -4.74. The first-order chi connectivity index (χ1) is 20.8. The molecule has 0 saturated carbocycles. The summed E-state index contributed by atoms with van der Waals surface area (Å²) in [6.07, 6.45) is 23.7. The number of aromatic nitrogens is 2.